The molecule has 164 valence electrons. The van der Waals surface area contributed by atoms with E-state index in [4.69, 9.17) is 0 Å². The van der Waals surface area contributed by atoms with E-state index in [2.05, 4.69) is 20.9 Å². The van der Waals surface area contributed by atoms with Crippen molar-refractivity contribution < 1.29 is 9.59 Å². The van der Waals surface area contributed by atoms with Crippen LogP contribution in [0.1, 0.15) is 13.8 Å². The first-order valence-corrected chi connectivity index (χ1v) is 10.4. The molecule has 11 heteroatoms. The minimum Gasteiger partial charge on any atom is -0.352 e. The van der Waals surface area contributed by atoms with Crippen molar-refractivity contribution in [2.45, 2.75) is 20.4 Å². The third-order valence-corrected chi connectivity index (χ3v) is 5.07. The molecule has 2 amide bonds. The number of likely N-dealkylation sites (N-methyl/N-ethyl adjacent to an activating group) is 1. The second kappa shape index (κ2) is 11.1. The lowest BCUT2D eigenvalue weighted by Crippen LogP contribution is -2.34. The highest BCUT2D eigenvalue weighted by Crippen LogP contribution is 2.09. The van der Waals surface area contributed by atoms with Crippen LogP contribution in [0.15, 0.2) is 23.0 Å². The van der Waals surface area contributed by atoms with Gasteiger partial charge in [0.25, 0.3) is 11.5 Å². The summed E-state index contributed by atoms with van der Waals surface area (Å²) in [5.74, 6) is 0.0840. The molecule has 0 atom stereocenters. The molecular formula is C20H25N7O3S. The van der Waals surface area contributed by atoms with Gasteiger partial charge in [0.1, 0.15) is 26.9 Å². The molecular weight excluding hydrogens is 418 g/mol. The van der Waals surface area contributed by atoms with Gasteiger partial charge >= 0.3 is 0 Å². The molecule has 2 heterocycles. The van der Waals surface area contributed by atoms with E-state index < -0.39 is 5.91 Å². The first-order valence-electron chi connectivity index (χ1n) is 9.61. The van der Waals surface area contributed by atoms with Crippen molar-refractivity contribution >= 4 is 46.6 Å². The molecule has 0 unspecified atom stereocenters. The summed E-state index contributed by atoms with van der Waals surface area (Å²) in [5, 5.41) is 17.7. The Balaban J connectivity index is 2.38. The summed E-state index contributed by atoms with van der Waals surface area (Å²) in [5.41, 5.74) is -0.420. The van der Waals surface area contributed by atoms with Crippen LogP contribution in [0.25, 0.3) is 11.8 Å². The van der Waals surface area contributed by atoms with E-state index >= 15 is 0 Å². The highest BCUT2D eigenvalue weighted by molar-refractivity contribution is 7.07. The average molecular weight is 444 g/mol. The minimum absolute atomic E-state index is 0.103. The van der Waals surface area contributed by atoms with Gasteiger partial charge in [-0.2, -0.15) is 5.26 Å². The fourth-order valence-corrected chi connectivity index (χ4v) is 3.72. The van der Waals surface area contributed by atoms with Crippen molar-refractivity contribution in [1.29, 1.82) is 5.26 Å². The lowest BCUT2D eigenvalue weighted by molar-refractivity contribution is -0.117. The van der Waals surface area contributed by atoms with Crippen LogP contribution in [-0.4, -0.2) is 53.5 Å². The molecule has 2 aromatic rings. The molecule has 0 aliphatic rings. The molecule has 0 spiro atoms. The number of hydrogen-bond donors (Lipinski definition) is 3. The molecule has 0 aliphatic carbocycles. The standard InChI is InChI=1S/C20H25N7O3S/c1-5-22-18(29)13(10-21)20-27(6-2)19(30)14(31-20)11-23-15-8-7-9-16(24-15)25-17(28)12-26(3)4/h7-9,11H,5-6,12H2,1-4H3,(H,22,29)(H2,23,24,25,28)/b14-11+,20-13-. The van der Waals surface area contributed by atoms with Crippen LogP contribution >= 0.6 is 11.3 Å². The number of nitrogens with zero attached hydrogens (tertiary/aromatic N) is 4. The summed E-state index contributed by atoms with van der Waals surface area (Å²) in [6.45, 7) is 4.43. The van der Waals surface area contributed by atoms with Crippen LogP contribution < -0.4 is 30.7 Å². The SMILES string of the molecule is CCNC(=O)/C(C#N)=c1\s/c(=C/Nc2cccc(NC(=O)CN(C)C)n2)c(=O)n1CC. The zero-order valence-electron chi connectivity index (χ0n) is 17.9. The number of anilines is 2. The molecule has 0 bridgehead atoms. The van der Waals surface area contributed by atoms with Gasteiger partial charge in [0.15, 0.2) is 5.57 Å². The highest BCUT2D eigenvalue weighted by atomic mass is 32.1. The average Bonchev–Trinajstić information content (AvgIpc) is 3.02. The minimum atomic E-state index is -0.518. The van der Waals surface area contributed by atoms with Crippen LogP contribution in [0.5, 0.6) is 0 Å². The Morgan fingerprint density at radius 1 is 1.29 bits per heavy atom. The predicted octanol–water partition coefficient (Wildman–Crippen LogP) is -0.515. The molecule has 0 aliphatic heterocycles. The van der Waals surface area contributed by atoms with Gasteiger partial charge in [0, 0.05) is 19.3 Å². The second-order valence-corrected chi connectivity index (χ2v) is 7.68. The van der Waals surface area contributed by atoms with Crippen LogP contribution in [0.4, 0.5) is 11.6 Å². The van der Waals surface area contributed by atoms with Crippen molar-refractivity contribution in [2.75, 3.05) is 37.8 Å². The fraction of sp³-hybridized carbons (Fsp3) is 0.350. The Morgan fingerprint density at radius 3 is 2.61 bits per heavy atom. The van der Waals surface area contributed by atoms with Gasteiger partial charge in [-0.3, -0.25) is 19.0 Å². The van der Waals surface area contributed by atoms with Gasteiger partial charge in [-0.25, -0.2) is 4.98 Å². The van der Waals surface area contributed by atoms with Gasteiger partial charge in [-0.05, 0) is 40.1 Å². The summed E-state index contributed by atoms with van der Waals surface area (Å²) in [4.78, 5) is 42.8. The number of rotatable bonds is 8. The molecule has 2 aromatic heterocycles. The molecule has 3 N–H and O–H groups in total. The van der Waals surface area contributed by atoms with Crippen molar-refractivity contribution in [3.63, 3.8) is 0 Å². The first kappa shape index (κ1) is 23.8. The van der Waals surface area contributed by atoms with Crippen LogP contribution in [0.3, 0.4) is 0 Å². The topological polar surface area (TPSA) is 132 Å². The number of nitrogens with one attached hydrogen (secondary N) is 3. The summed E-state index contributed by atoms with van der Waals surface area (Å²) < 4.78 is 2.00. The summed E-state index contributed by atoms with van der Waals surface area (Å²) in [6.07, 6.45) is 1.48. The fourth-order valence-electron chi connectivity index (χ4n) is 2.63. The summed E-state index contributed by atoms with van der Waals surface area (Å²) in [7, 11) is 3.58. The molecule has 10 nitrogen and oxygen atoms in total. The zero-order chi connectivity index (χ0) is 23.0. The number of nitriles is 1. The Kier molecular flexibility index (Phi) is 8.48. The first-order chi connectivity index (χ1) is 14.8. The Bertz CT molecular complexity index is 1170. The maximum absolute atomic E-state index is 12.7. The lowest BCUT2D eigenvalue weighted by Gasteiger charge is -2.10. The van der Waals surface area contributed by atoms with E-state index in [0.29, 0.717) is 33.9 Å². The van der Waals surface area contributed by atoms with E-state index in [1.54, 1.807) is 51.0 Å². The van der Waals surface area contributed by atoms with Crippen LogP contribution in [-0.2, 0) is 16.1 Å². The van der Waals surface area contributed by atoms with Gasteiger partial charge in [0.2, 0.25) is 5.91 Å². The third-order valence-electron chi connectivity index (χ3n) is 3.94. The maximum atomic E-state index is 12.7. The second-order valence-electron chi connectivity index (χ2n) is 6.65. The van der Waals surface area contributed by atoms with E-state index in [0.717, 1.165) is 11.3 Å². The lowest BCUT2D eigenvalue weighted by atomic mass is 10.3. The largest absolute Gasteiger partial charge is 0.352 e. The van der Waals surface area contributed by atoms with Gasteiger partial charge < -0.3 is 20.9 Å². The van der Waals surface area contributed by atoms with Crippen molar-refractivity contribution in [1.82, 2.24) is 19.8 Å². The monoisotopic (exact) mass is 443 g/mol. The number of carbonyl (C=O) groups is 2. The quantitative estimate of drug-likeness (QED) is 0.500. The molecule has 0 radical (unpaired) electrons. The van der Waals surface area contributed by atoms with E-state index in [1.165, 1.54) is 10.8 Å². The number of pyridine rings is 1. The molecule has 0 aromatic carbocycles. The summed E-state index contributed by atoms with van der Waals surface area (Å²) in [6, 6.07) is 6.96. The van der Waals surface area contributed by atoms with Gasteiger partial charge in [0.05, 0.1) is 6.54 Å². The molecule has 2 rings (SSSR count). The number of amides is 2. The van der Waals surface area contributed by atoms with Crippen LogP contribution in [0, 0.1) is 11.3 Å². The van der Waals surface area contributed by atoms with Crippen molar-refractivity contribution in [3.8, 4) is 6.07 Å². The zero-order valence-corrected chi connectivity index (χ0v) is 18.7. The normalized spacial score (nSPS) is 12.3. The molecule has 0 fully saturated rings. The van der Waals surface area contributed by atoms with E-state index in [1.807, 2.05) is 6.07 Å². The smallest absolute Gasteiger partial charge is 0.270 e. The predicted molar refractivity (Wildman–Crippen MR) is 121 cm³/mol. The molecule has 0 saturated heterocycles. The molecule has 31 heavy (non-hydrogen) atoms. The van der Waals surface area contributed by atoms with Crippen molar-refractivity contribution in [2.24, 2.45) is 0 Å². The van der Waals surface area contributed by atoms with Gasteiger partial charge in [-0.15, -0.1) is 11.3 Å². The Morgan fingerprint density at radius 2 is 2.00 bits per heavy atom. The van der Waals surface area contributed by atoms with Gasteiger partial charge in [-0.1, -0.05) is 6.07 Å². The summed E-state index contributed by atoms with van der Waals surface area (Å²) >= 11 is 1.05. The van der Waals surface area contributed by atoms with Crippen LogP contribution in [0.2, 0.25) is 0 Å². The highest BCUT2D eigenvalue weighted by Gasteiger charge is 2.14. The number of carbonyl (C=O) groups excluding carboxylic acids is 2. The Labute approximate surface area is 183 Å². The number of hydrogen-bond acceptors (Lipinski definition) is 8. The van der Waals surface area contributed by atoms with Crippen molar-refractivity contribution in [3.05, 3.63) is 37.7 Å². The maximum Gasteiger partial charge on any atom is 0.270 e. The van der Waals surface area contributed by atoms with E-state index in [9.17, 15) is 19.6 Å². The number of thiazole rings is 1. The number of aromatic nitrogens is 2. The molecule has 0 saturated carbocycles. The van der Waals surface area contributed by atoms with E-state index in [-0.39, 0.29) is 23.6 Å². The Hall–Kier alpha value is -3.49. The third kappa shape index (κ3) is 6.24.